The number of ether oxygens (including phenoxy) is 1. The third-order valence-electron chi connectivity index (χ3n) is 5.55. The topological polar surface area (TPSA) is 50.7 Å². The zero-order valence-corrected chi connectivity index (χ0v) is 18.1. The summed E-state index contributed by atoms with van der Waals surface area (Å²) in [6.07, 6.45) is 5.92. The molecule has 0 spiro atoms. The van der Waals surface area contributed by atoms with Gasteiger partial charge in [-0.25, -0.2) is 5.43 Å². The number of nitrogens with one attached hydrogen (secondary N) is 1. The van der Waals surface area contributed by atoms with Crippen molar-refractivity contribution in [3.05, 3.63) is 64.2 Å². The van der Waals surface area contributed by atoms with Crippen LogP contribution < -0.4 is 10.2 Å². The summed E-state index contributed by atoms with van der Waals surface area (Å²) in [5, 5.41) is 4.89. The van der Waals surface area contributed by atoms with Gasteiger partial charge in [-0.2, -0.15) is 5.10 Å². The van der Waals surface area contributed by atoms with Crippen molar-refractivity contribution in [1.82, 2.24) is 5.43 Å². The van der Waals surface area contributed by atoms with E-state index < -0.39 is 6.10 Å². The highest BCUT2D eigenvalue weighted by molar-refractivity contribution is 6.30. The maximum Gasteiger partial charge on any atom is 0.280 e. The molecule has 0 radical (unpaired) electrons. The molecule has 2 aromatic rings. The fourth-order valence-electron chi connectivity index (χ4n) is 3.72. The second-order valence-electron chi connectivity index (χ2n) is 7.80. The van der Waals surface area contributed by atoms with Crippen LogP contribution in [0, 0.1) is 6.92 Å². The Labute approximate surface area is 178 Å². The molecule has 1 aliphatic carbocycles. The van der Waals surface area contributed by atoms with Crippen LogP contribution >= 0.6 is 11.6 Å². The number of aryl methyl sites for hydroxylation is 1. The van der Waals surface area contributed by atoms with Crippen LogP contribution in [0.4, 0.5) is 0 Å². The number of carbonyl (C=O) groups excluding carboxylic acids is 1. The van der Waals surface area contributed by atoms with Crippen LogP contribution in [-0.2, 0) is 4.79 Å². The fourth-order valence-corrected chi connectivity index (χ4v) is 3.94. The molecular formula is C24H29ClN2O2. The quantitative estimate of drug-likeness (QED) is 0.467. The average Bonchev–Trinajstić information content (AvgIpc) is 2.74. The van der Waals surface area contributed by atoms with Gasteiger partial charge in [0.05, 0.1) is 5.71 Å². The van der Waals surface area contributed by atoms with Gasteiger partial charge in [0.1, 0.15) is 5.75 Å². The van der Waals surface area contributed by atoms with Crippen molar-refractivity contribution in [3.8, 4) is 5.75 Å². The van der Waals surface area contributed by atoms with Crippen LogP contribution in [0.3, 0.4) is 0 Å². The summed E-state index contributed by atoms with van der Waals surface area (Å²) in [5.41, 5.74) is 6.67. The van der Waals surface area contributed by atoms with Crippen molar-refractivity contribution < 1.29 is 9.53 Å². The van der Waals surface area contributed by atoms with E-state index in [1.807, 2.05) is 13.8 Å². The SMILES string of the molecule is C/C(=N\NC(=O)C(C)Oc1ccc(Cl)cc1C)c1ccc(C2CCCCC2)cc1. The molecule has 4 nitrogen and oxygen atoms in total. The summed E-state index contributed by atoms with van der Waals surface area (Å²) in [4.78, 5) is 12.4. The lowest BCUT2D eigenvalue weighted by Gasteiger charge is -2.22. The monoisotopic (exact) mass is 412 g/mol. The molecule has 0 aromatic heterocycles. The Balaban J connectivity index is 1.57. The molecule has 0 bridgehead atoms. The van der Waals surface area contributed by atoms with Crippen molar-refractivity contribution >= 4 is 23.2 Å². The molecule has 0 saturated heterocycles. The molecule has 29 heavy (non-hydrogen) atoms. The van der Waals surface area contributed by atoms with Gasteiger partial charge in [-0.15, -0.1) is 0 Å². The second kappa shape index (κ2) is 9.93. The summed E-state index contributed by atoms with van der Waals surface area (Å²) in [7, 11) is 0. The van der Waals surface area contributed by atoms with Crippen LogP contribution in [0.5, 0.6) is 5.75 Å². The van der Waals surface area contributed by atoms with E-state index in [9.17, 15) is 4.79 Å². The molecule has 2 aromatic carbocycles. The lowest BCUT2D eigenvalue weighted by molar-refractivity contribution is -0.127. The molecular weight excluding hydrogens is 384 g/mol. The third-order valence-corrected chi connectivity index (χ3v) is 5.78. The van der Waals surface area contributed by atoms with Gasteiger partial charge in [-0.1, -0.05) is 55.1 Å². The van der Waals surface area contributed by atoms with E-state index in [1.54, 1.807) is 25.1 Å². The molecule has 0 aliphatic heterocycles. The second-order valence-corrected chi connectivity index (χ2v) is 8.24. The highest BCUT2D eigenvalue weighted by Gasteiger charge is 2.17. The first kappa shape index (κ1) is 21.4. The molecule has 1 aliphatic rings. The lowest BCUT2D eigenvalue weighted by atomic mass is 9.84. The Hall–Kier alpha value is -2.33. The predicted octanol–water partition coefficient (Wildman–Crippen LogP) is 6.00. The molecule has 0 heterocycles. The van der Waals surface area contributed by atoms with Crippen LogP contribution in [0.25, 0.3) is 0 Å². The third kappa shape index (κ3) is 5.83. The minimum absolute atomic E-state index is 0.294. The molecule has 3 rings (SSSR count). The zero-order chi connectivity index (χ0) is 20.8. The standard InChI is InChI=1S/C24H29ClN2O2/c1-16-15-22(25)13-14-23(16)29-18(3)24(28)27-26-17(2)19-9-11-21(12-10-19)20-7-5-4-6-8-20/h9-15,18,20H,4-8H2,1-3H3,(H,27,28)/b26-17+. The highest BCUT2D eigenvalue weighted by Crippen LogP contribution is 2.32. The number of rotatable bonds is 6. The van der Waals surface area contributed by atoms with E-state index in [1.165, 1.54) is 37.7 Å². The molecule has 1 unspecified atom stereocenters. The summed E-state index contributed by atoms with van der Waals surface area (Å²) in [6.45, 7) is 5.49. The average molecular weight is 413 g/mol. The number of amides is 1. The summed E-state index contributed by atoms with van der Waals surface area (Å²) in [6, 6.07) is 13.9. The van der Waals surface area contributed by atoms with E-state index >= 15 is 0 Å². The van der Waals surface area contributed by atoms with Gasteiger partial charge in [0.15, 0.2) is 6.10 Å². The first-order chi connectivity index (χ1) is 13.9. The maximum absolute atomic E-state index is 12.4. The smallest absolute Gasteiger partial charge is 0.280 e. The Kier molecular flexibility index (Phi) is 7.32. The Bertz CT molecular complexity index is 871. The van der Waals surface area contributed by atoms with Crippen LogP contribution in [-0.4, -0.2) is 17.7 Å². The van der Waals surface area contributed by atoms with Gasteiger partial charge in [-0.05, 0) is 74.4 Å². The highest BCUT2D eigenvalue weighted by atomic mass is 35.5. The zero-order valence-electron chi connectivity index (χ0n) is 17.4. The summed E-state index contributed by atoms with van der Waals surface area (Å²) >= 11 is 5.96. The maximum atomic E-state index is 12.4. The van der Waals surface area contributed by atoms with E-state index in [2.05, 4.69) is 34.8 Å². The van der Waals surface area contributed by atoms with Crippen molar-refractivity contribution in [2.45, 2.75) is 64.9 Å². The number of hydrogen-bond donors (Lipinski definition) is 1. The molecule has 5 heteroatoms. The number of nitrogens with zero attached hydrogens (tertiary/aromatic N) is 1. The van der Waals surface area contributed by atoms with Crippen molar-refractivity contribution in [3.63, 3.8) is 0 Å². The van der Waals surface area contributed by atoms with Gasteiger partial charge < -0.3 is 4.74 Å². The number of halogens is 1. The fraction of sp³-hybridized carbons (Fsp3) is 0.417. The minimum Gasteiger partial charge on any atom is -0.481 e. The van der Waals surface area contributed by atoms with Gasteiger partial charge in [0, 0.05) is 5.02 Å². The number of hydrazone groups is 1. The van der Waals surface area contributed by atoms with E-state index in [0.717, 1.165) is 16.8 Å². The van der Waals surface area contributed by atoms with E-state index in [4.69, 9.17) is 16.3 Å². The van der Waals surface area contributed by atoms with Gasteiger partial charge >= 0.3 is 0 Å². The van der Waals surface area contributed by atoms with Gasteiger partial charge in [0.25, 0.3) is 5.91 Å². The molecule has 154 valence electrons. The van der Waals surface area contributed by atoms with Crippen LogP contribution in [0.15, 0.2) is 47.6 Å². The van der Waals surface area contributed by atoms with E-state index in [-0.39, 0.29) is 5.91 Å². The van der Waals surface area contributed by atoms with Crippen LogP contribution in [0.1, 0.15) is 68.6 Å². The number of benzene rings is 2. The van der Waals surface area contributed by atoms with Crippen molar-refractivity contribution in [2.75, 3.05) is 0 Å². The summed E-state index contributed by atoms with van der Waals surface area (Å²) < 4.78 is 5.74. The first-order valence-corrected chi connectivity index (χ1v) is 10.7. The summed E-state index contributed by atoms with van der Waals surface area (Å²) in [5.74, 6) is 1.03. The van der Waals surface area contributed by atoms with E-state index in [0.29, 0.717) is 16.7 Å². The van der Waals surface area contributed by atoms with Crippen molar-refractivity contribution in [2.24, 2.45) is 5.10 Å². The first-order valence-electron chi connectivity index (χ1n) is 10.3. The Morgan fingerprint density at radius 3 is 2.48 bits per heavy atom. The Morgan fingerprint density at radius 2 is 1.83 bits per heavy atom. The van der Waals surface area contributed by atoms with Gasteiger partial charge in [-0.3, -0.25) is 4.79 Å². The number of carbonyl (C=O) groups is 1. The largest absolute Gasteiger partial charge is 0.481 e. The molecule has 1 fully saturated rings. The normalized spacial score (nSPS) is 16.3. The lowest BCUT2D eigenvalue weighted by Crippen LogP contribution is -2.34. The number of hydrogen-bond acceptors (Lipinski definition) is 3. The molecule has 1 atom stereocenters. The van der Waals surface area contributed by atoms with Gasteiger partial charge in [0.2, 0.25) is 0 Å². The van der Waals surface area contributed by atoms with Crippen molar-refractivity contribution in [1.29, 1.82) is 0 Å². The molecule has 1 N–H and O–H groups in total. The molecule has 1 saturated carbocycles. The molecule has 1 amide bonds. The Morgan fingerprint density at radius 1 is 1.14 bits per heavy atom. The van der Waals surface area contributed by atoms with Crippen LogP contribution in [0.2, 0.25) is 5.02 Å². The predicted molar refractivity (Wildman–Crippen MR) is 119 cm³/mol. The minimum atomic E-state index is -0.667.